The zero-order valence-electron chi connectivity index (χ0n) is 11.3. The lowest BCUT2D eigenvalue weighted by Gasteiger charge is -2.16. The molecule has 0 aliphatic carbocycles. The minimum absolute atomic E-state index is 0.452. The second kappa shape index (κ2) is 6.06. The van der Waals surface area contributed by atoms with Crippen LogP contribution in [0.3, 0.4) is 0 Å². The number of anilines is 1. The summed E-state index contributed by atoms with van der Waals surface area (Å²) in [6, 6.07) is 10.0. The summed E-state index contributed by atoms with van der Waals surface area (Å²) in [6.45, 7) is 1.98. The van der Waals surface area contributed by atoms with Crippen LogP contribution < -0.4 is 10.1 Å². The highest BCUT2D eigenvalue weighted by atomic mass is 16.5. The van der Waals surface area contributed by atoms with E-state index >= 15 is 0 Å². The molecule has 5 heteroatoms. The van der Waals surface area contributed by atoms with Gasteiger partial charge in [-0.1, -0.05) is 17.7 Å². The summed E-state index contributed by atoms with van der Waals surface area (Å²) in [5.41, 5.74) is 2.44. The molecule has 1 atom stereocenters. The summed E-state index contributed by atoms with van der Waals surface area (Å²) in [7, 11) is 1.52. The highest BCUT2D eigenvalue weighted by Crippen LogP contribution is 2.21. The van der Waals surface area contributed by atoms with E-state index in [0.29, 0.717) is 11.4 Å². The Kier molecular flexibility index (Phi) is 4.20. The molecule has 1 aromatic carbocycles. The van der Waals surface area contributed by atoms with E-state index in [1.165, 1.54) is 13.3 Å². The number of nitrogens with zero attached hydrogens (tertiary/aromatic N) is 1. The molecule has 0 saturated heterocycles. The molecular weight excluding hydrogens is 256 g/mol. The second-order valence-electron chi connectivity index (χ2n) is 4.42. The molecule has 20 heavy (non-hydrogen) atoms. The van der Waals surface area contributed by atoms with E-state index in [4.69, 9.17) is 4.74 Å². The van der Waals surface area contributed by atoms with Gasteiger partial charge in [-0.25, -0.2) is 9.78 Å². The van der Waals surface area contributed by atoms with E-state index in [1.807, 2.05) is 31.2 Å². The number of aryl methyl sites for hydroxylation is 1. The number of rotatable bonds is 5. The molecule has 0 radical (unpaired) electrons. The molecule has 0 spiro atoms. The van der Waals surface area contributed by atoms with Gasteiger partial charge in [-0.05, 0) is 25.1 Å². The summed E-state index contributed by atoms with van der Waals surface area (Å²) in [5.74, 6) is -0.509. The average molecular weight is 272 g/mol. The van der Waals surface area contributed by atoms with Gasteiger partial charge in [0.2, 0.25) is 5.88 Å². The summed E-state index contributed by atoms with van der Waals surface area (Å²) in [6.07, 6.45) is 1.50. The number of aliphatic carboxylic acids is 1. The fourth-order valence-electron chi connectivity index (χ4n) is 1.79. The number of carboxylic acids is 1. The molecule has 1 heterocycles. The first-order valence-electron chi connectivity index (χ1n) is 6.16. The zero-order chi connectivity index (χ0) is 14.5. The Morgan fingerprint density at radius 3 is 2.45 bits per heavy atom. The number of benzene rings is 1. The van der Waals surface area contributed by atoms with Gasteiger partial charge in [0.15, 0.2) is 6.04 Å². The Hall–Kier alpha value is -2.56. The van der Waals surface area contributed by atoms with Crippen LogP contribution in [0.4, 0.5) is 5.69 Å². The monoisotopic (exact) mass is 272 g/mol. The predicted molar refractivity (Wildman–Crippen MR) is 76.0 cm³/mol. The van der Waals surface area contributed by atoms with Gasteiger partial charge in [-0.15, -0.1) is 0 Å². The van der Waals surface area contributed by atoms with Crippen LogP contribution >= 0.6 is 0 Å². The van der Waals surface area contributed by atoms with Crippen LogP contribution in [0.2, 0.25) is 0 Å². The number of pyridine rings is 1. The van der Waals surface area contributed by atoms with E-state index in [2.05, 4.69) is 10.3 Å². The highest BCUT2D eigenvalue weighted by Gasteiger charge is 2.20. The summed E-state index contributed by atoms with van der Waals surface area (Å²) in [5, 5.41) is 12.3. The molecule has 5 nitrogen and oxygen atoms in total. The lowest BCUT2D eigenvalue weighted by atomic mass is 10.1. The minimum Gasteiger partial charge on any atom is -0.481 e. The molecule has 2 aromatic rings. The van der Waals surface area contributed by atoms with Crippen LogP contribution in [0, 0.1) is 6.92 Å². The number of aromatic nitrogens is 1. The van der Waals surface area contributed by atoms with Gasteiger partial charge >= 0.3 is 5.97 Å². The number of nitrogens with one attached hydrogen (secondary N) is 1. The van der Waals surface area contributed by atoms with Crippen LogP contribution in [0.1, 0.15) is 17.2 Å². The van der Waals surface area contributed by atoms with Gasteiger partial charge in [0, 0.05) is 23.5 Å². The van der Waals surface area contributed by atoms with Crippen molar-refractivity contribution in [3.63, 3.8) is 0 Å². The summed E-state index contributed by atoms with van der Waals surface area (Å²) >= 11 is 0. The van der Waals surface area contributed by atoms with Gasteiger partial charge in [0.05, 0.1) is 7.11 Å². The van der Waals surface area contributed by atoms with Crippen molar-refractivity contribution in [1.82, 2.24) is 4.98 Å². The van der Waals surface area contributed by atoms with E-state index in [0.717, 1.165) is 11.3 Å². The largest absolute Gasteiger partial charge is 0.481 e. The van der Waals surface area contributed by atoms with Crippen LogP contribution in [-0.4, -0.2) is 23.2 Å². The molecule has 0 bridgehead atoms. The molecule has 1 unspecified atom stereocenters. The number of hydrogen-bond donors (Lipinski definition) is 2. The maximum atomic E-state index is 11.4. The van der Waals surface area contributed by atoms with E-state index in [9.17, 15) is 9.90 Å². The third-order valence-corrected chi connectivity index (χ3v) is 2.91. The fourth-order valence-corrected chi connectivity index (χ4v) is 1.79. The van der Waals surface area contributed by atoms with Crippen LogP contribution in [0.5, 0.6) is 5.88 Å². The first-order chi connectivity index (χ1) is 9.60. The van der Waals surface area contributed by atoms with Gasteiger partial charge < -0.3 is 15.2 Å². The molecule has 0 saturated carbocycles. The van der Waals surface area contributed by atoms with Crippen molar-refractivity contribution in [1.29, 1.82) is 0 Å². The Morgan fingerprint density at radius 2 is 1.95 bits per heavy atom. The SMILES string of the molecule is COc1ccc(C(Nc2ccc(C)cc2)C(=O)O)cn1. The Bertz CT molecular complexity index is 579. The Labute approximate surface area is 117 Å². The molecule has 0 aliphatic heterocycles. The third kappa shape index (κ3) is 3.26. The van der Waals surface area contributed by atoms with Crippen LogP contribution in [-0.2, 0) is 4.79 Å². The van der Waals surface area contributed by atoms with Crippen molar-refractivity contribution >= 4 is 11.7 Å². The van der Waals surface area contributed by atoms with Crippen LogP contribution in [0.25, 0.3) is 0 Å². The maximum Gasteiger partial charge on any atom is 0.330 e. The summed E-state index contributed by atoms with van der Waals surface area (Å²) < 4.78 is 4.96. The molecule has 0 fully saturated rings. The Morgan fingerprint density at radius 1 is 1.25 bits per heavy atom. The standard InChI is InChI=1S/C15H16N2O3/c1-10-3-6-12(7-4-10)17-14(15(18)19)11-5-8-13(20-2)16-9-11/h3-9,14,17H,1-2H3,(H,18,19). The number of ether oxygens (including phenoxy) is 1. The molecular formula is C15H16N2O3. The van der Waals surface area contributed by atoms with Crippen molar-refractivity contribution < 1.29 is 14.6 Å². The lowest BCUT2D eigenvalue weighted by Crippen LogP contribution is -2.20. The normalized spacial score (nSPS) is 11.7. The smallest absolute Gasteiger partial charge is 0.330 e. The maximum absolute atomic E-state index is 11.4. The first-order valence-corrected chi connectivity index (χ1v) is 6.16. The van der Waals surface area contributed by atoms with Gasteiger partial charge in [0.1, 0.15) is 0 Å². The molecule has 104 valence electrons. The van der Waals surface area contributed by atoms with Crippen molar-refractivity contribution in [2.24, 2.45) is 0 Å². The molecule has 1 aromatic heterocycles. The van der Waals surface area contributed by atoms with Crippen molar-refractivity contribution in [2.45, 2.75) is 13.0 Å². The topological polar surface area (TPSA) is 71.5 Å². The number of hydrogen-bond acceptors (Lipinski definition) is 4. The Balaban J connectivity index is 2.22. The zero-order valence-corrected chi connectivity index (χ0v) is 11.3. The molecule has 0 aliphatic rings. The lowest BCUT2D eigenvalue weighted by molar-refractivity contribution is -0.138. The van der Waals surface area contributed by atoms with Crippen LogP contribution in [0.15, 0.2) is 42.6 Å². The first kappa shape index (κ1) is 13.9. The van der Waals surface area contributed by atoms with Gasteiger partial charge in [-0.3, -0.25) is 0 Å². The molecule has 2 N–H and O–H groups in total. The molecule has 0 amide bonds. The minimum atomic E-state index is -0.961. The number of carboxylic acid groups (broad SMARTS) is 1. The van der Waals surface area contributed by atoms with Crippen molar-refractivity contribution in [2.75, 3.05) is 12.4 Å². The third-order valence-electron chi connectivity index (χ3n) is 2.91. The van der Waals surface area contributed by atoms with Gasteiger partial charge in [0.25, 0.3) is 0 Å². The fraction of sp³-hybridized carbons (Fsp3) is 0.200. The predicted octanol–water partition coefficient (Wildman–Crippen LogP) is 2.64. The number of methoxy groups -OCH3 is 1. The van der Waals surface area contributed by atoms with Crippen molar-refractivity contribution in [3.05, 3.63) is 53.7 Å². The average Bonchev–Trinajstić information content (AvgIpc) is 2.46. The van der Waals surface area contributed by atoms with Crippen molar-refractivity contribution in [3.8, 4) is 5.88 Å². The van der Waals surface area contributed by atoms with E-state index < -0.39 is 12.0 Å². The van der Waals surface area contributed by atoms with E-state index in [1.54, 1.807) is 12.1 Å². The summed E-state index contributed by atoms with van der Waals surface area (Å²) in [4.78, 5) is 15.4. The highest BCUT2D eigenvalue weighted by molar-refractivity contribution is 5.79. The van der Waals surface area contributed by atoms with Gasteiger partial charge in [-0.2, -0.15) is 0 Å². The quantitative estimate of drug-likeness (QED) is 0.875. The van der Waals surface area contributed by atoms with E-state index in [-0.39, 0.29) is 0 Å². The number of carbonyl (C=O) groups is 1. The second-order valence-corrected chi connectivity index (χ2v) is 4.42. The molecule has 2 rings (SSSR count).